The van der Waals surface area contributed by atoms with Crippen molar-refractivity contribution in [2.45, 2.75) is 26.2 Å². The number of halogens is 1. The topological polar surface area (TPSA) is 84.2 Å². The van der Waals surface area contributed by atoms with E-state index in [1.165, 1.54) is 11.3 Å². The third-order valence-corrected chi connectivity index (χ3v) is 7.39. The smallest absolute Gasteiger partial charge is 0.258 e. The van der Waals surface area contributed by atoms with E-state index in [1.807, 2.05) is 30.3 Å². The lowest BCUT2D eigenvalue weighted by Crippen LogP contribution is -2.34. The van der Waals surface area contributed by atoms with Gasteiger partial charge in [-0.2, -0.15) is 0 Å². The largest absolute Gasteiger partial charge is 0.365 e. The van der Waals surface area contributed by atoms with Crippen LogP contribution in [0.15, 0.2) is 40.9 Å². The molecular weight excluding hydrogens is 482 g/mol. The number of amides is 2. The predicted octanol–water partition coefficient (Wildman–Crippen LogP) is 5.01. The molecule has 3 aromatic rings. The maximum Gasteiger partial charge on any atom is 0.258 e. The average Bonchev–Trinajstić information content (AvgIpc) is 3.04. The number of hydrogen-bond acceptors (Lipinski definition) is 4. The number of thiocarbonyl (C=S) groups is 1. The van der Waals surface area contributed by atoms with E-state index in [0.717, 1.165) is 44.9 Å². The van der Waals surface area contributed by atoms with Crippen molar-refractivity contribution in [3.8, 4) is 0 Å². The van der Waals surface area contributed by atoms with Gasteiger partial charge in [0.25, 0.3) is 11.8 Å². The highest BCUT2D eigenvalue weighted by Crippen LogP contribution is 2.39. The van der Waals surface area contributed by atoms with Crippen LogP contribution < -0.4 is 16.4 Å². The molecule has 1 heterocycles. The summed E-state index contributed by atoms with van der Waals surface area (Å²) in [5.41, 5.74) is 7.68. The minimum absolute atomic E-state index is 0.140. The number of primary amides is 1. The summed E-state index contributed by atoms with van der Waals surface area (Å²) in [4.78, 5) is 26.1. The highest BCUT2D eigenvalue weighted by Gasteiger charge is 2.27. The van der Waals surface area contributed by atoms with E-state index in [1.54, 1.807) is 6.07 Å². The summed E-state index contributed by atoms with van der Waals surface area (Å²) in [6.07, 6.45) is 2.78. The van der Waals surface area contributed by atoms with Gasteiger partial charge in [-0.15, -0.1) is 11.3 Å². The molecular formula is C22H20BrN3O2S2. The standard InChI is InChI=1S/C22H20BrN3O2S2/c1-11-8-9-15-17(10-11)30-21(18(15)19(24)27)26-22(29)25-20(28)14-6-2-5-13-12(14)4-3-7-16(13)23/h2-7,11H,8-10H2,1H3,(H2,24,27)(H2,25,26,28,29)/t11-/m1/s1. The first-order valence-electron chi connectivity index (χ1n) is 9.59. The molecule has 1 aliphatic rings. The molecule has 0 saturated carbocycles. The Kier molecular flexibility index (Phi) is 5.90. The Morgan fingerprint density at radius 1 is 1.20 bits per heavy atom. The fourth-order valence-electron chi connectivity index (χ4n) is 3.87. The van der Waals surface area contributed by atoms with Crippen LogP contribution in [0.2, 0.25) is 0 Å². The minimum atomic E-state index is -0.474. The van der Waals surface area contributed by atoms with Crippen molar-refractivity contribution >= 4 is 72.2 Å². The van der Waals surface area contributed by atoms with Crippen LogP contribution in [-0.2, 0) is 12.8 Å². The molecule has 0 radical (unpaired) electrons. The normalized spacial score (nSPS) is 15.5. The molecule has 2 aromatic carbocycles. The van der Waals surface area contributed by atoms with Crippen molar-refractivity contribution in [1.82, 2.24) is 5.32 Å². The van der Waals surface area contributed by atoms with Crippen LogP contribution in [0, 0.1) is 5.92 Å². The molecule has 4 rings (SSSR count). The number of hydrogen-bond donors (Lipinski definition) is 3. The second kappa shape index (κ2) is 8.45. The fraction of sp³-hybridized carbons (Fsp3) is 0.227. The van der Waals surface area contributed by atoms with E-state index in [0.29, 0.717) is 22.0 Å². The van der Waals surface area contributed by atoms with E-state index < -0.39 is 5.91 Å². The Morgan fingerprint density at radius 2 is 1.93 bits per heavy atom. The van der Waals surface area contributed by atoms with Gasteiger partial charge in [0.05, 0.1) is 5.56 Å². The molecule has 0 fully saturated rings. The lowest BCUT2D eigenvalue weighted by atomic mass is 9.88. The van der Waals surface area contributed by atoms with Gasteiger partial charge >= 0.3 is 0 Å². The minimum Gasteiger partial charge on any atom is -0.365 e. The molecule has 0 aliphatic heterocycles. The molecule has 0 bridgehead atoms. The van der Waals surface area contributed by atoms with E-state index in [4.69, 9.17) is 18.0 Å². The van der Waals surface area contributed by atoms with Crippen LogP contribution in [0.3, 0.4) is 0 Å². The first kappa shape index (κ1) is 21.0. The van der Waals surface area contributed by atoms with Gasteiger partial charge in [-0.1, -0.05) is 47.1 Å². The molecule has 1 aliphatic carbocycles. The molecule has 154 valence electrons. The molecule has 1 aromatic heterocycles. The number of fused-ring (bicyclic) bond motifs is 2. The number of carbonyl (C=O) groups is 2. The SMILES string of the molecule is C[C@@H]1CCc2c(sc(NC(=S)NC(=O)c3cccc4c(Br)cccc34)c2C(N)=O)C1. The van der Waals surface area contributed by atoms with Crippen molar-refractivity contribution in [2.24, 2.45) is 11.7 Å². The maximum absolute atomic E-state index is 12.9. The monoisotopic (exact) mass is 501 g/mol. The summed E-state index contributed by atoms with van der Waals surface area (Å²) >= 11 is 10.4. The van der Waals surface area contributed by atoms with Gasteiger partial charge in [-0.05, 0) is 65.9 Å². The van der Waals surface area contributed by atoms with Crippen LogP contribution in [0.1, 0.15) is 44.5 Å². The number of rotatable bonds is 3. The number of nitrogens with one attached hydrogen (secondary N) is 2. The van der Waals surface area contributed by atoms with Crippen LogP contribution in [0.25, 0.3) is 10.8 Å². The van der Waals surface area contributed by atoms with Crippen molar-refractivity contribution in [1.29, 1.82) is 0 Å². The molecule has 4 N–H and O–H groups in total. The van der Waals surface area contributed by atoms with Crippen LogP contribution in [0.5, 0.6) is 0 Å². The van der Waals surface area contributed by atoms with Gasteiger partial charge in [0.1, 0.15) is 5.00 Å². The first-order valence-corrected chi connectivity index (χ1v) is 11.6. The summed E-state index contributed by atoms with van der Waals surface area (Å²) in [6.45, 7) is 2.20. The summed E-state index contributed by atoms with van der Waals surface area (Å²) in [7, 11) is 0. The molecule has 2 amide bonds. The van der Waals surface area contributed by atoms with Gasteiger partial charge in [0.2, 0.25) is 0 Å². The highest BCUT2D eigenvalue weighted by molar-refractivity contribution is 9.10. The second-order valence-corrected chi connectivity index (χ2v) is 9.84. The third-order valence-electron chi connectivity index (χ3n) is 5.33. The van der Waals surface area contributed by atoms with Gasteiger partial charge in [-0.25, -0.2) is 0 Å². The number of nitrogens with two attached hydrogens (primary N) is 1. The Hall–Kier alpha value is -2.29. The third kappa shape index (κ3) is 3.99. The quantitative estimate of drug-likeness (QED) is 0.440. The highest BCUT2D eigenvalue weighted by atomic mass is 79.9. The molecule has 30 heavy (non-hydrogen) atoms. The fourth-order valence-corrected chi connectivity index (χ4v) is 6.05. The summed E-state index contributed by atoms with van der Waals surface area (Å²) in [5.74, 6) is -0.216. The summed E-state index contributed by atoms with van der Waals surface area (Å²) in [6, 6.07) is 11.2. The molecule has 8 heteroatoms. The zero-order valence-corrected chi connectivity index (χ0v) is 19.5. The summed E-state index contributed by atoms with van der Waals surface area (Å²) < 4.78 is 0.917. The molecule has 0 saturated heterocycles. The van der Waals surface area contributed by atoms with Crippen LogP contribution >= 0.6 is 39.5 Å². The van der Waals surface area contributed by atoms with Crippen molar-refractivity contribution in [3.63, 3.8) is 0 Å². The van der Waals surface area contributed by atoms with E-state index >= 15 is 0 Å². The lowest BCUT2D eigenvalue weighted by Gasteiger charge is -2.18. The second-order valence-electron chi connectivity index (χ2n) is 7.47. The lowest BCUT2D eigenvalue weighted by molar-refractivity contribution is 0.0977. The van der Waals surface area contributed by atoms with E-state index in [-0.39, 0.29) is 11.0 Å². The van der Waals surface area contributed by atoms with Crippen LogP contribution in [-0.4, -0.2) is 16.9 Å². The Morgan fingerprint density at radius 3 is 2.70 bits per heavy atom. The maximum atomic E-state index is 12.9. The zero-order chi connectivity index (χ0) is 21.4. The van der Waals surface area contributed by atoms with Crippen molar-refractivity contribution < 1.29 is 9.59 Å². The molecule has 0 unspecified atom stereocenters. The molecule has 5 nitrogen and oxygen atoms in total. The van der Waals surface area contributed by atoms with Crippen molar-refractivity contribution in [3.05, 3.63) is 62.4 Å². The Labute approximate surface area is 192 Å². The average molecular weight is 502 g/mol. The van der Waals surface area contributed by atoms with Crippen LogP contribution in [0.4, 0.5) is 5.00 Å². The first-order chi connectivity index (χ1) is 14.3. The van der Waals surface area contributed by atoms with Gasteiger partial charge in [0.15, 0.2) is 5.11 Å². The molecule has 1 atom stereocenters. The number of anilines is 1. The van der Waals surface area contributed by atoms with E-state index in [2.05, 4.69) is 33.5 Å². The number of carbonyl (C=O) groups excluding carboxylic acids is 2. The Balaban J connectivity index is 1.57. The number of benzene rings is 2. The Bertz CT molecular complexity index is 1190. The van der Waals surface area contributed by atoms with Gasteiger partial charge < -0.3 is 11.1 Å². The van der Waals surface area contributed by atoms with Gasteiger partial charge in [-0.3, -0.25) is 14.9 Å². The predicted molar refractivity (Wildman–Crippen MR) is 129 cm³/mol. The summed E-state index contributed by atoms with van der Waals surface area (Å²) in [5, 5.41) is 8.28. The van der Waals surface area contributed by atoms with Gasteiger partial charge in [0, 0.05) is 14.9 Å². The molecule has 0 spiro atoms. The van der Waals surface area contributed by atoms with E-state index in [9.17, 15) is 9.59 Å². The zero-order valence-electron chi connectivity index (χ0n) is 16.3. The van der Waals surface area contributed by atoms with Crippen molar-refractivity contribution in [2.75, 3.05) is 5.32 Å². The number of thiophene rings is 1.